The first-order valence-corrected chi connectivity index (χ1v) is 14.5. The molecule has 1 heterocycles. The number of nitrogens with one attached hydrogen (secondary N) is 1. The maximum absolute atomic E-state index is 13.7. The van der Waals surface area contributed by atoms with E-state index in [9.17, 15) is 41.0 Å². The molecule has 0 saturated heterocycles. The molecule has 45 heavy (non-hydrogen) atoms. The summed E-state index contributed by atoms with van der Waals surface area (Å²) in [6.45, 7) is 3.81. The summed E-state index contributed by atoms with van der Waals surface area (Å²) in [5.74, 6) is -2.06. The van der Waals surface area contributed by atoms with Crippen molar-refractivity contribution in [1.29, 1.82) is 0 Å². The Kier molecular flexibility index (Phi) is 8.54. The normalized spacial score (nSPS) is 22.5. The number of amides is 1. The third-order valence-corrected chi connectivity index (χ3v) is 9.03. The highest BCUT2D eigenvalue weighted by Crippen LogP contribution is 2.54. The summed E-state index contributed by atoms with van der Waals surface area (Å²) < 4.78 is 80.9. The van der Waals surface area contributed by atoms with E-state index in [1.54, 1.807) is 0 Å². The molecule has 3 aromatic rings. The Morgan fingerprint density at radius 3 is 2.47 bits per heavy atom. The van der Waals surface area contributed by atoms with Crippen molar-refractivity contribution in [2.75, 3.05) is 5.32 Å². The molecule has 5 rings (SSSR count). The molecule has 0 bridgehead atoms. The average molecular weight is 632 g/mol. The molecule has 2 N–H and O–H groups in total. The third kappa shape index (κ3) is 6.60. The van der Waals surface area contributed by atoms with Crippen LogP contribution in [0.15, 0.2) is 66.2 Å². The minimum atomic E-state index is -4.91. The lowest BCUT2D eigenvalue weighted by Gasteiger charge is -2.39. The Balaban J connectivity index is 1.53. The van der Waals surface area contributed by atoms with Gasteiger partial charge in [0.1, 0.15) is 23.4 Å². The molecule has 1 aromatic heterocycles. The number of aryl methyl sites for hydroxylation is 1. The van der Waals surface area contributed by atoms with E-state index >= 15 is 0 Å². The highest BCUT2D eigenvalue weighted by atomic mass is 19.4. The van der Waals surface area contributed by atoms with Gasteiger partial charge >= 0.3 is 12.4 Å². The van der Waals surface area contributed by atoms with Crippen LogP contribution in [0.3, 0.4) is 0 Å². The van der Waals surface area contributed by atoms with Crippen LogP contribution in [0.2, 0.25) is 0 Å². The number of allylic oxidation sites excluding steroid dienone is 1. The van der Waals surface area contributed by atoms with Crippen LogP contribution in [0.4, 0.5) is 32.0 Å². The fraction of sp³-hybridized carbons (Fsp3) is 0.394. The molecule has 2 aliphatic carbocycles. The SMILES string of the molecule is Cc1cccc(CC2CCC(=O)C(C(=O)Nc3ccc(C(F)(F)F)cc3-c3cc(C(F)(F)F)ncn3)=C(O)C3(C)CCCC23)c1. The number of benzene rings is 2. The molecule has 12 heteroatoms. The van der Waals surface area contributed by atoms with Crippen LogP contribution < -0.4 is 5.32 Å². The first-order chi connectivity index (χ1) is 21.1. The van der Waals surface area contributed by atoms with Crippen molar-refractivity contribution in [3.05, 3.63) is 88.6 Å². The number of halogens is 6. The number of hydrogen-bond acceptors (Lipinski definition) is 5. The Labute approximate surface area is 255 Å². The monoisotopic (exact) mass is 631 g/mol. The lowest BCUT2D eigenvalue weighted by atomic mass is 9.66. The standard InChI is InChI=1S/C33H31F6N3O3/c1-18-5-3-6-19(13-18)14-20-8-11-26(43)28(29(44)31(2)12-4-7-23(20)31)30(45)42-24-10-9-21(32(34,35)36)15-22(24)25-16-27(33(37,38)39)41-17-40-25/h3,5-6,9-10,13,15-17,20,23,44H,4,7-8,11-12,14H2,1-2H3,(H,42,45). The number of aliphatic hydroxyl groups is 1. The Morgan fingerprint density at radius 1 is 1.02 bits per heavy atom. The molecule has 2 aromatic carbocycles. The number of carbonyl (C=O) groups is 2. The Bertz CT molecular complexity index is 1670. The molecule has 238 valence electrons. The topological polar surface area (TPSA) is 92.2 Å². The summed E-state index contributed by atoms with van der Waals surface area (Å²) in [4.78, 5) is 34.1. The number of nitrogens with zero attached hydrogens (tertiary/aromatic N) is 2. The molecule has 3 unspecified atom stereocenters. The first-order valence-electron chi connectivity index (χ1n) is 14.5. The Morgan fingerprint density at radius 2 is 1.78 bits per heavy atom. The van der Waals surface area contributed by atoms with E-state index in [2.05, 4.69) is 21.4 Å². The number of fused-ring (bicyclic) bond motifs is 1. The van der Waals surface area contributed by atoms with Crippen LogP contribution in [-0.2, 0) is 28.4 Å². The number of anilines is 1. The summed E-state index contributed by atoms with van der Waals surface area (Å²) >= 11 is 0. The van der Waals surface area contributed by atoms with E-state index in [1.807, 2.05) is 32.0 Å². The van der Waals surface area contributed by atoms with Gasteiger partial charge in [-0.2, -0.15) is 26.3 Å². The molecular formula is C33H31F6N3O3. The van der Waals surface area contributed by atoms with E-state index < -0.39 is 57.5 Å². The third-order valence-electron chi connectivity index (χ3n) is 9.03. The number of aromatic nitrogens is 2. The second kappa shape index (κ2) is 11.9. The van der Waals surface area contributed by atoms with E-state index in [4.69, 9.17) is 0 Å². The zero-order chi connectivity index (χ0) is 32.7. The van der Waals surface area contributed by atoms with Gasteiger partial charge in [0, 0.05) is 17.4 Å². The van der Waals surface area contributed by atoms with Crippen molar-refractivity contribution >= 4 is 17.4 Å². The minimum absolute atomic E-state index is 0.0441. The average Bonchev–Trinajstić information content (AvgIpc) is 3.36. The predicted molar refractivity (Wildman–Crippen MR) is 154 cm³/mol. The second-order valence-electron chi connectivity index (χ2n) is 12.1. The van der Waals surface area contributed by atoms with Crippen molar-refractivity contribution in [3.8, 4) is 11.3 Å². The van der Waals surface area contributed by atoms with Crippen molar-refractivity contribution < 1.29 is 41.0 Å². The summed E-state index contributed by atoms with van der Waals surface area (Å²) in [7, 11) is 0. The van der Waals surface area contributed by atoms with Crippen molar-refractivity contribution in [3.63, 3.8) is 0 Å². The smallest absolute Gasteiger partial charge is 0.433 e. The zero-order valence-corrected chi connectivity index (χ0v) is 24.5. The van der Waals surface area contributed by atoms with Crippen LogP contribution in [0, 0.1) is 24.2 Å². The zero-order valence-electron chi connectivity index (χ0n) is 24.5. The number of rotatable bonds is 5. The van der Waals surface area contributed by atoms with Crippen molar-refractivity contribution in [2.24, 2.45) is 17.3 Å². The van der Waals surface area contributed by atoms with E-state index in [1.165, 1.54) is 0 Å². The Hall–Kier alpha value is -4.22. The lowest BCUT2D eigenvalue weighted by Crippen LogP contribution is -2.37. The number of alkyl halides is 6. The molecule has 1 fully saturated rings. The van der Waals surface area contributed by atoms with Gasteiger partial charge in [0.2, 0.25) is 0 Å². The van der Waals surface area contributed by atoms with E-state index in [0.29, 0.717) is 43.8 Å². The van der Waals surface area contributed by atoms with Gasteiger partial charge in [0.05, 0.1) is 16.9 Å². The molecule has 2 aliphatic rings. The lowest BCUT2D eigenvalue weighted by molar-refractivity contribution is -0.141. The minimum Gasteiger partial charge on any atom is -0.511 e. The number of ketones is 1. The van der Waals surface area contributed by atoms with Crippen molar-refractivity contribution in [2.45, 2.75) is 64.7 Å². The van der Waals surface area contributed by atoms with Crippen LogP contribution >= 0.6 is 0 Å². The molecule has 0 radical (unpaired) electrons. The molecule has 0 spiro atoms. The molecule has 0 aliphatic heterocycles. The molecule has 1 saturated carbocycles. The van der Waals surface area contributed by atoms with Gasteiger partial charge < -0.3 is 10.4 Å². The maximum atomic E-state index is 13.7. The highest BCUT2D eigenvalue weighted by molar-refractivity contribution is 6.24. The van der Waals surface area contributed by atoms with Gasteiger partial charge in [-0.25, -0.2) is 9.97 Å². The molecular weight excluding hydrogens is 600 g/mol. The fourth-order valence-electron chi connectivity index (χ4n) is 6.81. The summed E-state index contributed by atoms with van der Waals surface area (Å²) in [6, 6.07) is 10.6. The van der Waals surface area contributed by atoms with E-state index in [0.717, 1.165) is 30.0 Å². The maximum Gasteiger partial charge on any atom is 0.433 e. The van der Waals surface area contributed by atoms with Gasteiger partial charge in [-0.15, -0.1) is 0 Å². The van der Waals surface area contributed by atoms with Crippen LogP contribution in [0.5, 0.6) is 0 Å². The number of aliphatic hydroxyl groups excluding tert-OH is 1. The number of Topliss-reactive ketones (excluding diaryl/α,β-unsaturated/α-hetero) is 1. The number of hydrogen-bond donors (Lipinski definition) is 2. The summed E-state index contributed by atoms with van der Waals surface area (Å²) in [6.07, 6.45) is -6.04. The van der Waals surface area contributed by atoms with Gasteiger partial charge in [-0.3, -0.25) is 9.59 Å². The summed E-state index contributed by atoms with van der Waals surface area (Å²) in [5.41, 5.74) is -3.08. The quantitative estimate of drug-likeness (QED) is 0.219. The van der Waals surface area contributed by atoms with Crippen molar-refractivity contribution in [1.82, 2.24) is 9.97 Å². The molecule has 1 amide bonds. The second-order valence-corrected chi connectivity index (χ2v) is 12.1. The van der Waals surface area contributed by atoms with Crippen LogP contribution in [0.25, 0.3) is 11.3 Å². The first kappa shape index (κ1) is 32.2. The number of carbonyl (C=O) groups excluding carboxylic acids is 2. The highest BCUT2D eigenvalue weighted by Gasteiger charge is 2.49. The van der Waals surface area contributed by atoms with Crippen LogP contribution in [-0.4, -0.2) is 26.8 Å². The predicted octanol–water partition coefficient (Wildman–Crippen LogP) is 8.27. The van der Waals surface area contributed by atoms with E-state index in [-0.39, 0.29) is 29.7 Å². The molecule has 3 atom stereocenters. The van der Waals surface area contributed by atoms with Gasteiger partial charge in [-0.1, -0.05) is 43.2 Å². The fourth-order valence-corrected chi connectivity index (χ4v) is 6.81. The van der Waals surface area contributed by atoms with Crippen LogP contribution in [0.1, 0.15) is 61.4 Å². The largest absolute Gasteiger partial charge is 0.511 e. The van der Waals surface area contributed by atoms with Gasteiger partial charge in [0.15, 0.2) is 5.78 Å². The molecule has 6 nitrogen and oxygen atoms in total. The summed E-state index contributed by atoms with van der Waals surface area (Å²) in [5, 5.41) is 14.0. The van der Waals surface area contributed by atoms with Gasteiger partial charge in [0.25, 0.3) is 5.91 Å². The van der Waals surface area contributed by atoms with Gasteiger partial charge in [-0.05, 0) is 74.3 Å².